The number of aliphatic imine (C=N–C) groups is 1. The summed E-state index contributed by atoms with van der Waals surface area (Å²) >= 11 is 0. The number of furan rings is 1. The average Bonchev–Trinajstić information content (AvgIpc) is 3.27. The van der Waals surface area contributed by atoms with Gasteiger partial charge in [-0.1, -0.05) is 24.3 Å². The SMILES string of the molecule is O=C(O)c1cc(C2=CCN=C2)ccc1Oc1cccc2ccoc12. The van der Waals surface area contributed by atoms with Crippen molar-refractivity contribution in [3.8, 4) is 11.5 Å². The van der Waals surface area contributed by atoms with E-state index in [1.807, 2.05) is 30.3 Å². The smallest absolute Gasteiger partial charge is 0.339 e. The molecule has 1 aromatic heterocycles. The van der Waals surface area contributed by atoms with E-state index in [9.17, 15) is 9.90 Å². The van der Waals surface area contributed by atoms with Gasteiger partial charge in [-0.15, -0.1) is 0 Å². The van der Waals surface area contributed by atoms with E-state index in [1.54, 1.807) is 30.7 Å². The average molecular weight is 319 g/mol. The van der Waals surface area contributed by atoms with Crippen LogP contribution in [0.1, 0.15) is 15.9 Å². The number of benzene rings is 2. The first-order valence-electron chi connectivity index (χ1n) is 7.44. The van der Waals surface area contributed by atoms with Crippen LogP contribution in [0.4, 0.5) is 0 Å². The van der Waals surface area contributed by atoms with Gasteiger partial charge in [0.15, 0.2) is 11.3 Å². The zero-order valence-corrected chi connectivity index (χ0v) is 12.6. The van der Waals surface area contributed by atoms with Crippen LogP contribution in [0.3, 0.4) is 0 Å². The fraction of sp³-hybridized carbons (Fsp3) is 0.0526. The lowest BCUT2D eigenvalue weighted by Gasteiger charge is -2.11. The van der Waals surface area contributed by atoms with Crippen LogP contribution in [0.15, 0.2) is 64.2 Å². The van der Waals surface area contributed by atoms with E-state index in [0.717, 1.165) is 16.5 Å². The molecule has 0 spiro atoms. The summed E-state index contributed by atoms with van der Waals surface area (Å²) in [7, 11) is 0. The summed E-state index contributed by atoms with van der Waals surface area (Å²) in [6.45, 7) is 0.622. The molecule has 2 aromatic carbocycles. The van der Waals surface area contributed by atoms with Crippen LogP contribution < -0.4 is 4.74 Å². The minimum atomic E-state index is -1.05. The van der Waals surface area contributed by atoms with E-state index in [1.165, 1.54) is 0 Å². The highest BCUT2D eigenvalue weighted by molar-refractivity contribution is 6.12. The fourth-order valence-electron chi connectivity index (χ4n) is 2.68. The van der Waals surface area contributed by atoms with Crippen molar-refractivity contribution < 1.29 is 19.1 Å². The maximum atomic E-state index is 11.6. The summed E-state index contributed by atoms with van der Waals surface area (Å²) in [5.74, 6) is -0.297. The van der Waals surface area contributed by atoms with Gasteiger partial charge in [-0.3, -0.25) is 4.99 Å². The first-order chi connectivity index (χ1) is 11.7. The quantitative estimate of drug-likeness (QED) is 0.774. The minimum Gasteiger partial charge on any atom is -0.478 e. The van der Waals surface area contributed by atoms with E-state index in [2.05, 4.69) is 4.99 Å². The number of para-hydroxylation sites is 1. The number of rotatable bonds is 4. The van der Waals surface area contributed by atoms with Crippen LogP contribution >= 0.6 is 0 Å². The number of hydrogen-bond donors (Lipinski definition) is 1. The van der Waals surface area contributed by atoms with Crippen LogP contribution in [0, 0.1) is 0 Å². The Bertz CT molecular complexity index is 998. The molecule has 3 aromatic rings. The second-order valence-electron chi connectivity index (χ2n) is 5.37. The molecule has 0 fully saturated rings. The largest absolute Gasteiger partial charge is 0.478 e. The summed E-state index contributed by atoms with van der Waals surface area (Å²) in [4.78, 5) is 15.8. The highest BCUT2D eigenvalue weighted by Crippen LogP contribution is 2.33. The predicted octanol–water partition coefficient (Wildman–Crippen LogP) is 4.39. The molecule has 24 heavy (non-hydrogen) atoms. The van der Waals surface area contributed by atoms with Crippen molar-refractivity contribution >= 4 is 28.7 Å². The lowest BCUT2D eigenvalue weighted by Crippen LogP contribution is -2.01. The molecule has 0 amide bonds. The summed E-state index contributed by atoms with van der Waals surface area (Å²) in [5, 5.41) is 10.4. The molecule has 1 aliphatic rings. The molecule has 1 N–H and O–H groups in total. The summed E-state index contributed by atoms with van der Waals surface area (Å²) in [5.41, 5.74) is 2.40. The maximum Gasteiger partial charge on any atom is 0.339 e. The molecular weight excluding hydrogens is 306 g/mol. The van der Waals surface area contributed by atoms with Crippen molar-refractivity contribution in [1.82, 2.24) is 0 Å². The van der Waals surface area contributed by atoms with Gasteiger partial charge in [0.2, 0.25) is 0 Å². The van der Waals surface area contributed by atoms with Gasteiger partial charge in [0.25, 0.3) is 0 Å². The summed E-state index contributed by atoms with van der Waals surface area (Å²) < 4.78 is 11.3. The van der Waals surface area contributed by atoms with Crippen molar-refractivity contribution in [3.05, 3.63) is 65.9 Å². The molecule has 2 heterocycles. The van der Waals surface area contributed by atoms with Gasteiger partial charge in [-0.05, 0) is 35.4 Å². The molecule has 0 unspecified atom stereocenters. The second kappa shape index (κ2) is 5.70. The highest BCUT2D eigenvalue weighted by Gasteiger charge is 2.16. The zero-order valence-electron chi connectivity index (χ0n) is 12.6. The molecule has 0 bridgehead atoms. The number of ether oxygens (including phenoxy) is 1. The van der Waals surface area contributed by atoms with Crippen molar-refractivity contribution in [3.63, 3.8) is 0 Å². The number of aromatic carboxylic acids is 1. The Labute approximate surface area is 137 Å². The van der Waals surface area contributed by atoms with E-state index < -0.39 is 5.97 Å². The van der Waals surface area contributed by atoms with E-state index in [0.29, 0.717) is 17.9 Å². The zero-order chi connectivity index (χ0) is 16.5. The van der Waals surface area contributed by atoms with Gasteiger partial charge in [-0.2, -0.15) is 0 Å². The number of carboxylic acids is 1. The van der Waals surface area contributed by atoms with Crippen LogP contribution in [-0.2, 0) is 0 Å². The first kappa shape index (κ1) is 14.3. The molecule has 118 valence electrons. The number of carboxylic acid groups (broad SMARTS) is 1. The Balaban J connectivity index is 1.76. The van der Waals surface area contributed by atoms with E-state index in [4.69, 9.17) is 9.15 Å². The normalized spacial score (nSPS) is 13.2. The molecule has 0 saturated carbocycles. The van der Waals surface area contributed by atoms with Crippen LogP contribution in [0.5, 0.6) is 11.5 Å². The van der Waals surface area contributed by atoms with Gasteiger partial charge in [0.1, 0.15) is 11.3 Å². The molecule has 0 saturated heterocycles. The number of allylic oxidation sites excluding steroid dienone is 1. The minimum absolute atomic E-state index is 0.0947. The van der Waals surface area contributed by atoms with Crippen LogP contribution in [-0.4, -0.2) is 23.8 Å². The molecule has 4 rings (SSSR count). The Morgan fingerprint density at radius 1 is 1.17 bits per heavy atom. The molecular formula is C19H13NO4. The Hall–Kier alpha value is -3.34. The predicted molar refractivity (Wildman–Crippen MR) is 91.0 cm³/mol. The van der Waals surface area contributed by atoms with Gasteiger partial charge in [0, 0.05) is 11.6 Å². The van der Waals surface area contributed by atoms with Crippen molar-refractivity contribution in [2.24, 2.45) is 4.99 Å². The van der Waals surface area contributed by atoms with Crippen LogP contribution in [0.2, 0.25) is 0 Å². The third-order valence-corrected chi connectivity index (χ3v) is 3.85. The molecule has 0 aliphatic carbocycles. The Kier molecular flexibility index (Phi) is 3.39. The molecule has 5 heteroatoms. The first-order valence-corrected chi connectivity index (χ1v) is 7.44. The van der Waals surface area contributed by atoms with E-state index >= 15 is 0 Å². The molecule has 5 nitrogen and oxygen atoms in total. The maximum absolute atomic E-state index is 11.6. The lowest BCUT2D eigenvalue weighted by atomic mass is 10.0. The van der Waals surface area contributed by atoms with Crippen LogP contribution in [0.25, 0.3) is 16.5 Å². The summed E-state index contributed by atoms with van der Waals surface area (Å²) in [6, 6.07) is 12.4. The van der Waals surface area contributed by atoms with Gasteiger partial charge < -0.3 is 14.3 Å². The third kappa shape index (κ3) is 2.46. The number of carbonyl (C=O) groups is 1. The van der Waals surface area contributed by atoms with Crippen molar-refractivity contribution in [2.45, 2.75) is 0 Å². The standard InChI is InChI=1S/C19H13NO4/c21-19(22)15-10-13(14-6-8-20-11-14)4-5-16(15)24-17-3-1-2-12-7-9-23-18(12)17/h1-7,9-11H,8H2,(H,21,22). The Morgan fingerprint density at radius 2 is 2.08 bits per heavy atom. The highest BCUT2D eigenvalue weighted by atomic mass is 16.5. The third-order valence-electron chi connectivity index (χ3n) is 3.85. The number of fused-ring (bicyclic) bond motifs is 1. The number of nitrogens with zero attached hydrogens (tertiary/aromatic N) is 1. The molecule has 0 radical (unpaired) electrons. The van der Waals surface area contributed by atoms with Gasteiger partial charge >= 0.3 is 5.97 Å². The summed E-state index contributed by atoms with van der Waals surface area (Å²) in [6.07, 6.45) is 5.26. The molecule has 1 aliphatic heterocycles. The van der Waals surface area contributed by atoms with Crippen molar-refractivity contribution in [1.29, 1.82) is 0 Å². The Morgan fingerprint density at radius 3 is 2.88 bits per heavy atom. The fourth-order valence-corrected chi connectivity index (χ4v) is 2.68. The van der Waals surface area contributed by atoms with Crippen molar-refractivity contribution in [2.75, 3.05) is 6.54 Å². The second-order valence-corrected chi connectivity index (χ2v) is 5.37. The van der Waals surface area contributed by atoms with Gasteiger partial charge in [0.05, 0.1) is 12.8 Å². The van der Waals surface area contributed by atoms with E-state index in [-0.39, 0.29) is 11.3 Å². The lowest BCUT2D eigenvalue weighted by molar-refractivity contribution is 0.0694. The van der Waals surface area contributed by atoms with Gasteiger partial charge in [-0.25, -0.2) is 4.79 Å². The topological polar surface area (TPSA) is 72.0 Å². The molecule has 0 atom stereocenters. The number of hydrogen-bond acceptors (Lipinski definition) is 4. The monoisotopic (exact) mass is 319 g/mol.